The minimum absolute atomic E-state index is 0.122. The molecule has 22 heavy (non-hydrogen) atoms. The van der Waals surface area contributed by atoms with Crippen LogP contribution in [-0.4, -0.2) is 35.1 Å². The molecule has 2 rings (SSSR count). The normalized spacial score (nSPS) is 23.5. The lowest BCUT2D eigenvalue weighted by Gasteiger charge is -2.47. The van der Waals surface area contributed by atoms with Crippen molar-refractivity contribution in [3.8, 4) is 0 Å². The van der Waals surface area contributed by atoms with Gasteiger partial charge in [-0.3, -0.25) is 0 Å². The number of nitrogen functional groups attached to an aromatic ring is 1. The van der Waals surface area contributed by atoms with Crippen LogP contribution in [0, 0.1) is 0 Å². The molecule has 0 spiro atoms. The van der Waals surface area contributed by atoms with Crippen molar-refractivity contribution in [2.45, 2.75) is 50.3 Å². The predicted molar refractivity (Wildman–Crippen MR) is 93.9 cm³/mol. The van der Waals surface area contributed by atoms with Gasteiger partial charge in [0, 0.05) is 27.0 Å². The topological polar surface area (TPSA) is 53.7 Å². The second-order valence-corrected chi connectivity index (χ2v) is 9.46. The third-order valence-corrected chi connectivity index (χ3v) is 8.96. The molecule has 0 bridgehead atoms. The van der Waals surface area contributed by atoms with Gasteiger partial charge in [-0.2, -0.15) is 0 Å². The summed E-state index contributed by atoms with van der Waals surface area (Å²) in [5.74, 6) is 0. The first-order valence-corrected chi connectivity index (χ1v) is 10.1. The van der Waals surface area contributed by atoms with E-state index in [2.05, 4.69) is 6.92 Å². The van der Waals surface area contributed by atoms with Gasteiger partial charge in [0.2, 0.25) is 0 Å². The molecule has 1 aromatic rings. The van der Waals surface area contributed by atoms with Crippen LogP contribution < -0.4 is 5.73 Å². The van der Waals surface area contributed by atoms with Crippen LogP contribution in [0.25, 0.3) is 0 Å². The van der Waals surface area contributed by atoms with Crippen LogP contribution in [0.3, 0.4) is 0 Å². The standard InChI is InChI=1S/C11H24O3Si.C6H7N/c1-5-8-11(12-2)9-6-7-10-15(11,13-3)14-4;7-6-4-2-1-3-5-6/h5-10H2,1-4H3;1-5H,7H2. The highest BCUT2D eigenvalue weighted by atomic mass is 28.4. The van der Waals surface area contributed by atoms with Gasteiger partial charge in [0.25, 0.3) is 0 Å². The molecule has 1 aliphatic rings. The van der Waals surface area contributed by atoms with Gasteiger partial charge in [0.15, 0.2) is 0 Å². The van der Waals surface area contributed by atoms with E-state index in [1.807, 2.05) is 30.3 Å². The van der Waals surface area contributed by atoms with Crippen LogP contribution in [-0.2, 0) is 13.6 Å². The van der Waals surface area contributed by atoms with Crippen molar-refractivity contribution in [2.75, 3.05) is 27.1 Å². The van der Waals surface area contributed by atoms with Crippen LogP contribution in [0.1, 0.15) is 39.0 Å². The number of benzene rings is 1. The maximum atomic E-state index is 5.83. The van der Waals surface area contributed by atoms with Crippen molar-refractivity contribution in [3.05, 3.63) is 30.3 Å². The molecule has 5 heteroatoms. The van der Waals surface area contributed by atoms with Crippen LogP contribution in [0.15, 0.2) is 30.3 Å². The Morgan fingerprint density at radius 3 is 2.14 bits per heavy atom. The first-order valence-electron chi connectivity index (χ1n) is 8.05. The molecule has 1 saturated heterocycles. The molecule has 126 valence electrons. The third-order valence-electron chi connectivity index (χ3n) is 4.53. The van der Waals surface area contributed by atoms with E-state index in [1.54, 1.807) is 21.3 Å². The zero-order valence-electron chi connectivity index (χ0n) is 14.4. The Hall–Kier alpha value is -0.883. The lowest BCUT2D eigenvalue weighted by molar-refractivity contribution is -0.0149. The molecule has 0 radical (unpaired) electrons. The van der Waals surface area contributed by atoms with E-state index >= 15 is 0 Å². The number of hydrogen-bond donors (Lipinski definition) is 1. The van der Waals surface area contributed by atoms with Gasteiger partial charge in [0.05, 0.1) is 0 Å². The molecule has 0 saturated carbocycles. The summed E-state index contributed by atoms with van der Waals surface area (Å²) in [5.41, 5.74) is 6.18. The Morgan fingerprint density at radius 1 is 1.09 bits per heavy atom. The number of nitrogens with two attached hydrogens (primary N) is 1. The molecule has 1 aliphatic heterocycles. The van der Waals surface area contributed by atoms with E-state index in [0.29, 0.717) is 0 Å². The summed E-state index contributed by atoms with van der Waals surface area (Å²) in [5, 5.41) is -0.122. The molecule has 1 unspecified atom stereocenters. The van der Waals surface area contributed by atoms with E-state index < -0.39 is 8.56 Å². The molecule has 0 amide bonds. The van der Waals surface area contributed by atoms with Crippen LogP contribution in [0.4, 0.5) is 5.69 Å². The summed E-state index contributed by atoms with van der Waals surface area (Å²) in [6.45, 7) is 2.19. The largest absolute Gasteiger partial charge is 0.399 e. The van der Waals surface area contributed by atoms with Crippen LogP contribution in [0.2, 0.25) is 6.04 Å². The zero-order chi connectivity index (χ0) is 16.5. The number of rotatable bonds is 5. The highest BCUT2D eigenvalue weighted by Gasteiger charge is 2.58. The number of hydrogen-bond acceptors (Lipinski definition) is 4. The minimum Gasteiger partial charge on any atom is -0.399 e. The second kappa shape index (κ2) is 9.30. The second-order valence-electron chi connectivity index (χ2n) is 5.73. The van der Waals surface area contributed by atoms with Crippen molar-refractivity contribution >= 4 is 14.2 Å². The molecule has 4 nitrogen and oxygen atoms in total. The summed E-state index contributed by atoms with van der Waals surface area (Å²) in [6, 6.07) is 10.6. The minimum atomic E-state index is -2.15. The van der Waals surface area contributed by atoms with E-state index in [1.165, 1.54) is 12.8 Å². The molecule has 2 N–H and O–H groups in total. The van der Waals surface area contributed by atoms with Gasteiger partial charge in [-0.1, -0.05) is 44.4 Å². The Balaban J connectivity index is 0.000000287. The fraction of sp³-hybridized carbons (Fsp3) is 0.647. The Bertz CT molecular complexity index is 408. The fourth-order valence-corrected chi connectivity index (χ4v) is 7.37. The zero-order valence-corrected chi connectivity index (χ0v) is 15.4. The van der Waals surface area contributed by atoms with Crippen LogP contribution >= 0.6 is 0 Å². The smallest absolute Gasteiger partial charge is 0.370 e. The van der Waals surface area contributed by atoms with Crippen molar-refractivity contribution < 1.29 is 13.6 Å². The lowest BCUT2D eigenvalue weighted by Crippen LogP contribution is -2.64. The first kappa shape index (κ1) is 19.2. The maximum Gasteiger partial charge on any atom is 0.370 e. The number of para-hydroxylation sites is 1. The van der Waals surface area contributed by atoms with Gasteiger partial charge < -0.3 is 19.3 Å². The summed E-state index contributed by atoms with van der Waals surface area (Å²) in [4.78, 5) is 0. The van der Waals surface area contributed by atoms with Crippen LogP contribution in [0.5, 0.6) is 0 Å². The molecule has 1 heterocycles. The highest BCUT2D eigenvalue weighted by molar-refractivity contribution is 6.70. The van der Waals surface area contributed by atoms with Gasteiger partial charge in [-0.25, -0.2) is 0 Å². The third kappa shape index (κ3) is 4.32. The monoisotopic (exact) mass is 325 g/mol. The quantitative estimate of drug-likeness (QED) is 0.659. The Labute approximate surface area is 136 Å². The molecule has 0 aromatic heterocycles. The predicted octanol–water partition coefficient (Wildman–Crippen LogP) is 3.90. The van der Waals surface area contributed by atoms with Crippen molar-refractivity contribution in [2.24, 2.45) is 0 Å². The number of ether oxygens (including phenoxy) is 1. The van der Waals surface area contributed by atoms with Gasteiger partial charge in [-0.15, -0.1) is 0 Å². The highest BCUT2D eigenvalue weighted by Crippen LogP contribution is 2.42. The Morgan fingerprint density at radius 2 is 1.73 bits per heavy atom. The molecule has 1 aromatic carbocycles. The van der Waals surface area contributed by atoms with E-state index in [-0.39, 0.29) is 5.22 Å². The summed E-state index contributed by atoms with van der Waals surface area (Å²) < 4.78 is 17.4. The SMILES string of the molecule is CCCC1(OC)CCCC[Si]1(OC)OC.Nc1ccccc1. The molecular formula is C17H31NO3Si. The fourth-order valence-electron chi connectivity index (χ4n) is 3.38. The average molecular weight is 326 g/mol. The number of anilines is 1. The van der Waals surface area contributed by atoms with E-state index in [9.17, 15) is 0 Å². The summed E-state index contributed by atoms with van der Waals surface area (Å²) in [6.07, 6.45) is 5.70. The summed E-state index contributed by atoms with van der Waals surface area (Å²) in [7, 11) is 3.22. The molecular weight excluding hydrogens is 294 g/mol. The first-order chi connectivity index (χ1) is 10.6. The maximum absolute atomic E-state index is 5.83. The lowest BCUT2D eigenvalue weighted by atomic mass is 10.1. The average Bonchev–Trinajstić information content (AvgIpc) is 2.57. The van der Waals surface area contributed by atoms with E-state index in [4.69, 9.17) is 19.3 Å². The molecule has 0 aliphatic carbocycles. The Kier molecular flexibility index (Phi) is 8.10. The van der Waals surface area contributed by atoms with Crippen molar-refractivity contribution in [3.63, 3.8) is 0 Å². The van der Waals surface area contributed by atoms with Gasteiger partial charge in [-0.05, 0) is 31.0 Å². The molecule has 1 atom stereocenters. The van der Waals surface area contributed by atoms with E-state index in [0.717, 1.165) is 31.0 Å². The summed E-state index contributed by atoms with van der Waals surface area (Å²) >= 11 is 0. The number of methoxy groups -OCH3 is 1. The van der Waals surface area contributed by atoms with Crippen molar-refractivity contribution in [1.29, 1.82) is 0 Å². The van der Waals surface area contributed by atoms with Crippen molar-refractivity contribution in [1.82, 2.24) is 0 Å². The van der Waals surface area contributed by atoms with Gasteiger partial charge >= 0.3 is 8.56 Å². The van der Waals surface area contributed by atoms with Gasteiger partial charge in [0.1, 0.15) is 5.22 Å². The molecule has 1 fully saturated rings.